The molecular weight excluding hydrogens is 571 g/mol. The van der Waals surface area contributed by atoms with Crippen LogP contribution in [0.4, 0.5) is 0 Å². The van der Waals surface area contributed by atoms with Crippen LogP contribution >= 0.6 is 11.3 Å². The van der Waals surface area contributed by atoms with Crippen molar-refractivity contribution in [2.75, 3.05) is 0 Å². The van der Waals surface area contributed by atoms with Crippen molar-refractivity contribution < 1.29 is 4.42 Å². The molecule has 0 atom stereocenters. The van der Waals surface area contributed by atoms with Crippen LogP contribution in [-0.2, 0) is 0 Å². The molecule has 0 fully saturated rings. The van der Waals surface area contributed by atoms with Crippen molar-refractivity contribution in [3.63, 3.8) is 0 Å². The second-order valence-corrected chi connectivity index (χ2v) is 12.4. The molecule has 6 aromatic carbocycles. The quantitative estimate of drug-likeness (QED) is 0.205. The van der Waals surface area contributed by atoms with Crippen LogP contribution in [0.2, 0.25) is 0 Å². The molecule has 0 saturated heterocycles. The normalized spacial score (nSPS) is 12.0. The molecule has 0 aliphatic heterocycles. The molecule has 0 bridgehead atoms. The molecule has 4 heterocycles. The Morgan fingerprint density at radius 2 is 1.24 bits per heavy atom. The third kappa shape index (κ3) is 3.59. The Labute approximate surface area is 261 Å². The molecule has 10 rings (SSSR count). The standard InChI is InChI=1S/C40H23N3OS/c1-2-10-24(11-3-1)37-39-38(29-14-6-9-17-34(29)45-39)42-40(41-37)25-18-20-26(21-19-25)43-30-15-7-4-12-27(30)35-31(43)22-23-33-36(35)28-13-5-8-16-32(28)44-33/h1-23H. The Balaban J connectivity index is 1.18. The zero-order chi connectivity index (χ0) is 29.5. The second kappa shape index (κ2) is 9.36. The van der Waals surface area contributed by atoms with Crippen LogP contribution in [0.1, 0.15) is 0 Å². The molecule has 0 aliphatic rings. The van der Waals surface area contributed by atoms with Gasteiger partial charge < -0.3 is 8.98 Å². The van der Waals surface area contributed by atoms with Crippen molar-refractivity contribution in [1.29, 1.82) is 0 Å². The summed E-state index contributed by atoms with van der Waals surface area (Å²) >= 11 is 1.76. The second-order valence-electron chi connectivity index (χ2n) is 11.4. The Kier molecular flexibility index (Phi) is 5.12. The van der Waals surface area contributed by atoms with Crippen molar-refractivity contribution in [3.8, 4) is 28.3 Å². The molecule has 210 valence electrons. The Hall–Kier alpha value is -5.78. The van der Waals surface area contributed by atoms with E-state index in [0.717, 1.165) is 71.5 Å². The predicted molar refractivity (Wildman–Crippen MR) is 187 cm³/mol. The van der Waals surface area contributed by atoms with Crippen LogP contribution in [0.3, 0.4) is 0 Å². The van der Waals surface area contributed by atoms with Gasteiger partial charge in [-0.3, -0.25) is 0 Å². The third-order valence-electron chi connectivity index (χ3n) is 8.83. The van der Waals surface area contributed by atoms with E-state index in [-0.39, 0.29) is 0 Å². The maximum atomic E-state index is 6.26. The Morgan fingerprint density at radius 1 is 0.511 bits per heavy atom. The smallest absolute Gasteiger partial charge is 0.160 e. The summed E-state index contributed by atoms with van der Waals surface area (Å²) in [5.41, 5.74) is 9.26. The van der Waals surface area contributed by atoms with E-state index in [1.165, 1.54) is 20.9 Å². The molecule has 0 N–H and O–H groups in total. The number of hydrogen-bond acceptors (Lipinski definition) is 4. The van der Waals surface area contributed by atoms with E-state index in [1.54, 1.807) is 11.3 Å². The number of para-hydroxylation sites is 2. The molecule has 10 aromatic rings. The van der Waals surface area contributed by atoms with Crippen LogP contribution in [0, 0.1) is 0 Å². The largest absolute Gasteiger partial charge is 0.456 e. The lowest BCUT2D eigenvalue weighted by atomic mass is 10.1. The van der Waals surface area contributed by atoms with Crippen LogP contribution in [0.25, 0.3) is 92.4 Å². The molecular formula is C40H23N3OS. The molecule has 0 amide bonds. The van der Waals surface area contributed by atoms with E-state index < -0.39 is 0 Å². The van der Waals surface area contributed by atoms with Gasteiger partial charge in [0.15, 0.2) is 5.82 Å². The summed E-state index contributed by atoms with van der Waals surface area (Å²) in [6.07, 6.45) is 0. The molecule has 45 heavy (non-hydrogen) atoms. The number of thiophene rings is 1. The van der Waals surface area contributed by atoms with Crippen molar-refractivity contribution in [2.24, 2.45) is 0 Å². The molecule has 4 aromatic heterocycles. The molecule has 0 spiro atoms. The Bertz CT molecular complexity index is 2750. The number of nitrogens with zero attached hydrogens (tertiary/aromatic N) is 3. The number of furan rings is 1. The van der Waals surface area contributed by atoms with E-state index >= 15 is 0 Å². The lowest BCUT2D eigenvalue weighted by molar-refractivity contribution is 0.669. The summed E-state index contributed by atoms with van der Waals surface area (Å²) in [6.45, 7) is 0. The molecule has 0 radical (unpaired) electrons. The number of benzene rings is 6. The van der Waals surface area contributed by atoms with E-state index in [1.807, 2.05) is 18.2 Å². The van der Waals surface area contributed by atoms with Gasteiger partial charge in [0, 0.05) is 48.4 Å². The number of hydrogen-bond donors (Lipinski definition) is 0. The highest BCUT2D eigenvalue weighted by molar-refractivity contribution is 7.26. The zero-order valence-electron chi connectivity index (χ0n) is 23.9. The maximum Gasteiger partial charge on any atom is 0.160 e. The minimum atomic E-state index is 0.727. The lowest BCUT2D eigenvalue weighted by Crippen LogP contribution is -1.96. The fourth-order valence-electron chi connectivity index (χ4n) is 6.82. The number of aromatic nitrogens is 3. The number of fused-ring (bicyclic) bond motifs is 10. The fraction of sp³-hybridized carbons (Fsp3) is 0. The van der Waals surface area contributed by atoms with Gasteiger partial charge in [0.2, 0.25) is 0 Å². The van der Waals surface area contributed by atoms with E-state index in [9.17, 15) is 0 Å². The van der Waals surface area contributed by atoms with Gasteiger partial charge in [-0.2, -0.15) is 0 Å². The van der Waals surface area contributed by atoms with Gasteiger partial charge in [-0.25, -0.2) is 9.97 Å². The minimum Gasteiger partial charge on any atom is -0.456 e. The summed E-state index contributed by atoms with van der Waals surface area (Å²) in [7, 11) is 0. The summed E-state index contributed by atoms with van der Waals surface area (Å²) in [4.78, 5) is 10.3. The Morgan fingerprint density at radius 3 is 2.11 bits per heavy atom. The highest BCUT2D eigenvalue weighted by atomic mass is 32.1. The van der Waals surface area contributed by atoms with Crippen molar-refractivity contribution in [3.05, 3.63) is 140 Å². The fourth-order valence-corrected chi connectivity index (χ4v) is 7.98. The highest BCUT2D eigenvalue weighted by Gasteiger charge is 2.19. The lowest BCUT2D eigenvalue weighted by Gasteiger charge is -2.10. The minimum absolute atomic E-state index is 0.727. The predicted octanol–water partition coefficient (Wildman–Crippen LogP) is 11.2. The average molecular weight is 594 g/mol. The van der Waals surface area contributed by atoms with Crippen LogP contribution < -0.4 is 0 Å². The first-order valence-electron chi connectivity index (χ1n) is 15.0. The average Bonchev–Trinajstić information content (AvgIpc) is 3.78. The van der Waals surface area contributed by atoms with Gasteiger partial charge in [0.25, 0.3) is 0 Å². The summed E-state index contributed by atoms with van der Waals surface area (Å²) in [5.74, 6) is 0.727. The number of rotatable bonds is 3. The highest BCUT2D eigenvalue weighted by Crippen LogP contribution is 2.42. The van der Waals surface area contributed by atoms with Crippen molar-refractivity contribution in [2.45, 2.75) is 0 Å². The van der Waals surface area contributed by atoms with E-state index in [4.69, 9.17) is 14.4 Å². The first-order chi connectivity index (χ1) is 22.3. The first kappa shape index (κ1) is 24.6. The first-order valence-corrected chi connectivity index (χ1v) is 15.8. The molecule has 0 saturated carbocycles. The molecule has 4 nitrogen and oxygen atoms in total. The molecule has 0 unspecified atom stereocenters. The van der Waals surface area contributed by atoms with Gasteiger partial charge >= 0.3 is 0 Å². The van der Waals surface area contributed by atoms with Crippen LogP contribution in [0.15, 0.2) is 144 Å². The van der Waals surface area contributed by atoms with E-state index in [2.05, 4.69) is 126 Å². The third-order valence-corrected chi connectivity index (χ3v) is 9.99. The van der Waals surface area contributed by atoms with Gasteiger partial charge in [0.05, 0.1) is 26.9 Å². The van der Waals surface area contributed by atoms with Gasteiger partial charge in [0.1, 0.15) is 11.2 Å². The van der Waals surface area contributed by atoms with Crippen molar-refractivity contribution in [1.82, 2.24) is 14.5 Å². The molecule has 5 heteroatoms. The maximum absolute atomic E-state index is 6.26. The SMILES string of the molecule is c1ccc(-c2nc(-c3ccc(-n4c5ccccc5c5c6c(ccc54)oc4ccccc46)cc3)nc3c2sc2ccccc23)cc1. The topological polar surface area (TPSA) is 43.9 Å². The summed E-state index contributed by atoms with van der Waals surface area (Å²) < 4.78 is 10.9. The van der Waals surface area contributed by atoms with Gasteiger partial charge in [-0.15, -0.1) is 11.3 Å². The monoisotopic (exact) mass is 593 g/mol. The summed E-state index contributed by atoms with van der Waals surface area (Å²) in [6, 6.07) is 48.8. The van der Waals surface area contributed by atoms with Crippen LogP contribution in [0.5, 0.6) is 0 Å². The van der Waals surface area contributed by atoms with Crippen molar-refractivity contribution >= 4 is 75.4 Å². The summed E-state index contributed by atoms with van der Waals surface area (Å²) in [5, 5.41) is 5.88. The van der Waals surface area contributed by atoms with Crippen LogP contribution in [-0.4, -0.2) is 14.5 Å². The van der Waals surface area contributed by atoms with E-state index in [0.29, 0.717) is 0 Å². The zero-order valence-corrected chi connectivity index (χ0v) is 24.8. The van der Waals surface area contributed by atoms with Gasteiger partial charge in [-0.1, -0.05) is 84.9 Å². The molecule has 0 aliphatic carbocycles. The van der Waals surface area contributed by atoms with Gasteiger partial charge in [-0.05, 0) is 54.6 Å².